The second kappa shape index (κ2) is 9.09. The summed E-state index contributed by atoms with van der Waals surface area (Å²) in [4.78, 5) is 21.0. The van der Waals surface area contributed by atoms with Crippen molar-refractivity contribution in [2.24, 2.45) is 5.10 Å². The highest BCUT2D eigenvalue weighted by atomic mass is 32.2. The van der Waals surface area contributed by atoms with Crippen LogP contribution in [0.1, 0.15) is 32.9 Å². The molecule has 0 aliphatic carbocycles. The molecule has 0 aliphatic rings. The van der Waals surface area contributed by atoms with E-state index in [0.717, 1.165) is 33.4 Å². The minimum Gasteiger partial charge on any atom is -0.267 e. The summed E-state index contributed by atoms with van der Waals surface area (Å²) in [5.41, 5.74) is 7.07. The number of amides is 1. The van der Waals surface area contributed by atoms with Crippen molar-refractivity contribution < 1.29 is 4.79 Å². The lowest BCUT2D eigenvalue weighted by Crippen LogP contribution is -2.17. The largest absolute Gasteiger partial charge is 0.271 e. The van der Waals surface area contributed by atoms with Crippen molar-refractivity contribution in [2.45, 2.75) is 24.8 Å². The predicted octanol–water partition coefficient (Wildman–Crippen LogP) is 4.15. The summed E-state index contributed by atoms with van der Waals surface area (Å²) in [5, 5.41) is 4.76. The normalized spacial score (nSPS) is 10.9. The Bertz CT molecular complexity index is 920. The minimum atomic E-state index is -0.237. The first-order valence-electron chi connectivity index (χ1n) is 8.52. The minimum absolute atomic E-state index is 0.237. The molecule has 1 amide bonds. The molecular weight excluding hydrogens is 356 g/mol. The summed E-state index contributed by atoms with van der Waals surface area (Å²) >= 11 is 1.58. The van der Waals surface area contributed by atoms with E-state index >= 15 is 0 Å². The number of carbonyl (C=O) groups is 1. The van der Waals surface area contributed by atoms with E-state index < -0.39 is 0 Å². The Labute approximate surface area is 163 Å². The fourth-order valence-electron chi connectivity index (χ4n) is 2.43. The molecule has 0 radical (unpaired) electrons. The van der Waals surface area contributed by atoms with Crippen LogP contribution in [0.25, 0.3) is 0 Å². The lowest BCUT2D eigenvalue weighted by molar-refractivity contribution is 0.0955. The number of nitrogens with zero attached hydrogens (tertiary/aromatic N) is 3. The molecule has 0 fully saturated rings. The first kappa shape index (κ1) is 18.8. The average molecular weight is 376 g/mol. The Morgan fingerprint density at radius 1 is 1.04 bits per heavy atom. The van der Waals surface area contributed by atoms with E-state index in [1.165, 1.54) is 0 Å². The van der Waals surface area contributed by atoms with Crippen LogP contribution in [0.3, 0.4) is 0 Å². The van der Waals surface area contributed by atoms with Gasteiger partial charge in [0.1, 0.15) is 0 Å². The van der Waals surface area contributed by atoms with Crippen molar-refractivity contribution in [3.8, 4) is 0 Å². The zero-order valence-corrected chi connectivity index (χ0v) is 16.0. The lowest BCUT2D eigenvalue weighted by atomic mass is 10.1. The van der Waals surface area contributed by atoms with Crippen molar-refractivity contribution in [1.29, 1.82) is 0 Å². The van der Waals surface area contributed by atoms with E-state index in [0.29, 0.717) is 5.56 Å². The Morgan fingerprint density at radius 2 is 1.70 bits per heavy atom. The number of benzene rings is 2. The van der Waals surface area contributed by atoms with Gasteiger partial charge in [-0.1, -0.05) is 54.2 Å². The number of hydrazone groups is 1. The van der Waals surface area contributed by atoms with Crippen LogP contribution >= 0.6 is 11.8 Å². The molecule has 27 heavy (non-hydrogen) atoms. The van der Waals surface area contributed by atoms with Gasteiger partial charge in [0.2, 0.25) is 0 Å². The quantitative estimate of drug-likeness (QED) is 0.304. The van der Waals surface area contributed by atoms with Crippen molar-refractivity contribution in [2.75, 3.05) is 0 Å². The van der Waals surface area contributed by atoms with Gasteiger partial charge in [0, 0.05) is 22.7 Å². The molecule has 0 bridgehead atoms. The standard InChI is InChI=1S/C21H20N4OS/c1-15-12-16(2)24-21(23-15)27-14-18-8-10-19(11-9-18)20(26)25-22-13-17-6-4-3-5-7-17/h3-13H,14H2,1-2H3,(H,25,26)/b22-13+. The van der Waals surface area contributed by atoms with Gasteiger partial charge >= 0.3 is 0 Å². The van der Waals surface area contributed by atoms with Crippen LogP contribution in [-0.2, 0) is 5.75 Å². The van der Waals surface area contributed by atoms with E-state index in [-0.39, 0.29) is 5.91 Å². The summed E-state index contributed by atoms with van der Waals surface area (Å²) in [5.74, 6) is 0.510. The zero-order valence-electron chi connectivity index (χ0n) is 15.2. The molecule has 1 N–H and O–H groups in total. The number of hydrogen-bond acceptors (Lipinski definition) is 5. The number of aryl methyl sites for hydroxylation is 2. The number of carbonyl (C=O) groups excluding carboxylic acids is 1. The highest BCUT2D eigenvalue weighted by Gasteiger charge is 2.05. The van der Waals surface area contributed by atoms with E-state index in [4.69, 9.17) is 0 Å². The van der Waals surface area contributed by atoms with Crippen molar-refractivity contribution in [3.63, 3.8) is 0 Å². The summed E-state index contributed by atoms with van der Waals surface area (Å²) in [6, 6.07) is 19.0. The van der Waals surface area contributed by atoms with Crippen molar-refractivity contribution in [3.05, 3.63) is 88.7 Å². The monoisotopic (exact) mass is 376 g/mol. The summed E-state index contributed by atoms with van der Waals surface area (Å²) in [6.07, 6.45) is 1.62. The number of thioether (sulfide) groups is 1. The van der Waals surface area contributed by atoms with Crippen LogP contribution in [0, 0.1) is 13.8 Å². The van der Waals surface area contributed by atoms with Gasteiger partial charge in [0.05, 0.1) is 6.21 Å². The van der Waals surface area contributed by atoms with E-state index in [2.05, 4.69) is 20.5 Å². The van der Waals surface area contributed by atoms with Gasteiger partial charge in [0.15, 0.2) is 5.16 Å². The number of hydrogen-bond donors (Lipinski definition) is 1. The Morgan fingerprint density at radius 3 is 2.37 bits per heavy atom. The second-order valence-electron chi connectivity index (χ2n) is 6.03. The second-order valence-corrected chi connectivity index (χ2v) is 6.97. The van der Waals surface area contributed by atoms with Crippen LogP contribution in [0.4, 0.5) is 0 Å². The zero-order chi connectivity index (χ0) is 19.1. The van der Waals surface area contributed by atoms with Gasteiger partial charge in [0.25, 0.3) is 5.91 Å². The molecule has 0 saturated heterocycles. The molecule has 3 aromatic rings. The molecule has 6 heteroatoms. The number of aromatic nitrogens is 2. The van der Waals surface area contributed by atoms with Gasteiger partial charge in [-0.3, -0.25) is 4.79 Å². The van der Waals surface area contributed by atoms with Gasteiger partial charge in [-0.25, -0.2) is 15.4 Å². The summed E-state index contributed by atoms with van der Waals surface area (Å²) in [7, 11) is 0. The summed E-state index contributed by atoms with van der Waals surface area (Å²) in [6.45, 7) is 3.93. The molecule has 0 saturated carbocycles. The number of nitrogens with one attached hydrogen (secondary N) is 1. The van der Waals surface area contributed by atoms with Crippen molar-refractivity contribution in [1.82, 2.24) is 15.4 Å². The molecule has 5 nitrogen and oxygen atoms in total. The molecule has 136 valence electrons. The highest BCUT2D eigenvalue weighted by Crippen LogP contribution is 2.20. The van der Waals surface area contributed by atoms with Crippen LogP contribution in [0.2, 0.25) is 0 Å². The van der Waals surface area contributed by atoms with Crippen LogP contribution in [0.15, 0.2) is 70.9 Å². The maximum atomic E-state index is 12.2. The molecule has 3 rings (SSSR count). The van der Waals surface area contributed by atoms with E-state index in [1.54, 1.807) is 30.1 Å². The average Bonchev–Trinajstić information content (AvgIpc) is 2.67. The molecule has 0 spiro atoms. The van der Waals surface area contributed by atoms with Crippen molar-refractivity contribution >= 4 is 23.9 Å². The maximum absolute atomic E-state index is 12.2. The molecule has 1 aromatic heterocycles. The molecule has 2 aromatic carbocycles. The predicted molar refractivity (Wildman–Crippen MR) is 109 cm³/mol. The smallest absolute Gasteiger partial charge is 0.267 e. The van der Waals surface area contributed by atoms with Gasteiger partial charge in [-0.15, -0.1) is 0 Å². The van der Waals surface area contributed by atoms with Crippen LogP contribution in [0.5, 0.6) is 0 Å². The first-order valence-corrected chi connectivity index (χ1v) is 9.51. The van der Waals surface area contributed by atoms with Crippen LogP contribution < -0.4 is 5.43 Å². The Balaban J connectivity index is 1.54. The first-order chi connectivity index (χ1) is 13.1. The fourth-order valence-corrected chi connectivity index (χ4v) is 3.33. The van der Waals surface area contributed by atoms with E-state index in [9.17, 15) is 4.79 Å². The SMILES string of the molecule is Cc1cc(C)nc(SCc2ccc(C(=O)N/N=C/c3ccccc3)cc2)n1. The topological polar surface area (TPSA) is 67.2 Å². The third kappa shape index (κ3) is 5.76. The lowest BCUT2D eigenvalue weighted by Gasteiger charge is -2.05. The molecule has 0 aliphatic heterocycles. The van der Waals surface area contributed by atoms with Gasteiger partial charge < -0.3 is 0 Å². The highest BCUT2D eigenvalue weighted by molar-refractivity contribution is 7.98. The van der Waals surface area contributed by atoms with Gasteiger partial charge in [-0.2, -0.15) is 5.10 Å². The molecule has 0 atom stereocenters. The summed E-state index contributed by atoms with van der Waals surface area (Å²) < 4.78 is 0. The van der Waals surface area contributed by atoms with Gasteiger partial charge in [-0.05, 0) is 43.2 Å². The fraction of sp³-hybridized carbons (Fsp3) is 0.143. The van der Waals surface area contributed by atoms with Crippen LogP contribution in [-0.4, -0.2) is 22.1 Å². The Hall–Kier alpha value is -2.99. The number of rotatable bonds is 6. The third-order valence-electron chi connectivity index (χ3n) is 3.73. The Kier molecular flexibility index (Phi) is 6.33. The molecule has 0 unspecified atom stereocenters. The maximum Gasteiger partial charge on any atom is 0.271 e. The van der Waals surface area contributed by atoms with E-state index in [1.807, 2.05) is 62.4 Å². The molecule has 1 heterocycles. The molecular formula is C21H20N4OS. The third-order valence-corrected chi connectivity index (χ3v) is 4.64.